The molecule has 4 rings (SSSR count). The largest absolute Gasteiger partial charge is 0.465 e. The van der Waals surface area contributed by atoms with Crippen molar-refractivity contribution < 1.29 is 9.53 Å². The van der Waals surface area contributed by atoms with Crippen molar-refractivity contribution in [3.05, 3.63) is 12.2 Å². The third-order valence-corrected chi connectivity index (χ3v) is 3.60. The molecule has 0 aromatic carbocycles. The number of carbonyl (C=O) groups excluding carboxylic acids is 1. The lowest BCUT2D eigenvalue weighted by molar-refractivity contribution is -0.142. The molecule has 0 radical (unpaired) electrons. The van der Waals surface area contributed by atoms with Crippen LogP contribution in [0.4, 0.5) is 0 Å². The predicted octanol–water partition coefficient (Wildman–Crippen LogP) is 1.37. The van der Waals surface area contributed by atoms with Crippen LogP contribution in [-0.2, 0) is 9.53 Å². The lowest BCUT2D eigenvalue weighted by Gasteiger charge is -2.38. The molecule has 2 fully saturated rings. The Hall–Kier alpha value is -0.790. The summed E-state index contributed by atoms with van der Waals surface area (Å²) >= 11 is 0. The van der Waals surface area contributed by atoms with E-state index in [2.05, 4.69) is 12.2 Å². The summed E-state index contributed by atoms with van der Waals surface area (Å²) in [6.07, 6.45) is 6.97. The topological polar surface area (TPSA) is 26.3 Å². The van der Waals surface area contributed by atoms with Gasteiger partial charge in [-0.1, -0.05) is 12.2 Å². The van der Waals surface area contributed by atoms with Gasteiger partial charge in [0.25, 0.3) is 0 Å². The van der Waals surface area contributed by atoms with Gasteiger partial charge in [0.05, 0.1) is 12.5 Å². The van der Waals surface area contributed by atoms with E-state index in [-0.39, 0.29) is 11.9 Å². The fourth-order valence-corrected chi connectivity index (χ4v) is 2.95. The third-order valence-electron chi connectivity index (χ3n) is 3.60. The summed E-state index contributed by atoms with van der Waals surface area (Å²) < 4.78 is 5.10. The van der Waals surface area contributed by atoms with Crippen LogP contribution in [0.3, 0.4) is 0 Å². The Bertz CT molecular complexity index is 257. The summed E-state index contributed by atoms with van der Waals surface area (Å²) in [6.45, 7) is 0.676. The number of rotatable bonds is 0. The normalized spacial score (nSPS) is 49.2. The summed E-state index contributed by atoms with van der Waals surface area (Å²) in [5, 5.41) is 0. The standard InChI is InChI=1S/C10H12O2/c11-10-9-7-3-1-6(2-4-7)8(9)5-12-10/h1,3,6-9H,2,4-5H2/t6-,7+,8-,9+/m1/s1. The minimum Gasteiger partial charge on any atom is -0.465 e. The highest BCUT2D eigenvalue weighted by Gasteiger charge is 2.49. The number of esters is 1. The molecule has 1 saturated carbocycles. The predicted molar refractivity (Wildman–Crippen MR) is 43.3 cm³/mol. The van der Waals surface area contributed by atoms with Crippen molar-refractivity contribution in [1.29, 1.82) is 0 Å². The number of carbonyl (C=O) groups is 1. The van der Waals surface area contributed by atoms with E-state index in [9.17, 15) is 4.79 Å². The average molecular weight is 164 g/mol. The second kappa shape index (κ2) is 2.12. The van der Waals surface area contributed by atoms with Gasteiger partial charge in [-0.2, -0.15) is 0 Å². The van der Waals surface area contributed by atoms with E-state index >= 15 is 0 Å². The first-order valence-corrected chi connectivity index (χ1v) is 4.71. The molecule has 0 N–H and O–H groups in total. The molecule has 4 aliphatic rings. The van der Waals surface area contributed by atoms with Crippen LogP contribution >= 0.6 is 0 Å². The number of allylic oxidation sites excluding steroid dienone is 2. The monoisotopic (exact) mass is 164 g/mol. The second-order valence-corrected chi connectivity index (χ2v) is 4.11. The van der Waals surface area contributed by atoms with Crippen LogP contribution in [0.25, 0.3) is 0 Å². The van der Waals surface area contributed by atoms with Crippen LogP contribution in [-0.4, -0.2) is 12.6 Å². The molecule has 2 bridgehead atoms. The van der Waals surface area contributed by atoms with Gasteiger partial charge in [0.15, 0.2) is 0 Å². The van der Waals surface area contributed by atoms with Gasteiger partial charge >= 0.3 is 5.97 Å². The quantitative estimate of drug-likeness (QED) is 0.399. The fraction of sp³-hybridized carbons (Fsp3) is 0.700. The SMILES string of the molecule is O=C1OC[C@H]2[C@@H]1[C@H]1C=C[C@@H]2CC1. The van der Waals surface area contributed by atoms with Gasteiger partial charge in [-0.3, -0.25) is 4.79 Å². The zero-order valence-electron chi connectivity index (χ0n) is 6.90. The van der Waals surface area contributed by atoms with E-state index in [0.29, 0.717) is 24.4 Å². The van der Waals surface area contributed by atoms with Crippen LogP contribution in [0.5, 0.6) is 0 Å². The first-order valence-electron chi connectivity index (χ1n) is 4.71. The zero-order valence-corrected chi connectivity index (χ0v) is 6.90. The van der Waals surface area contributed by atoms with Crippen LogP contribution in [0, 0.1) is 23.7 Å². The molecule has 0 amide bonds. The van der Waals surface area contributed by atoms with Gasteiger partial charge in [0, 0.05) is 5.92 Å². The second-order valence-electron chi connectivity index (χ2n) is 4.11. The Morgan fingerprint density at radius 3 is 2.67 bits per heavy atom. The van der Waals surface area contributed by atoms with Crippen molar-refractivity contribution in [3.8, 4) is 0 Å². The van der Waals surface area contributed by atoms with Gasteiger partial charge in [-0.15, -0.1) is 0 Å². The smallest absolute Gasteiger partial charge is 0.309 e. The number of ether oxygens (including phenoxy) is 1. The Labute approximate surface area is 71.6 Å². The molecule has 1 aliphatic heterocycles. The molecule has 4 atom stereocenters. The number of hydrogen-bond acceptors (Lipinski definition) is 2. The fourth-order valence-electron chi connectivity index (χ4n) is 2.95. The average Bonchev–Trinajstić information content (AvgIpc) is 2.53. The van der Waals surface area contributed by atoms with Crippen molar-refractivity contribution in [2.75, 3.05) is 6.61 Å². The van der Waals surface area contributed by atoms with Crippen LogP contribution < -0.4 is 0 Å². The maximum atomic E-state index is 11.3. The number of fused-ring (bicyclic) bond motifs is 1. The molecular weight excluding hydrogens is 152 g/mol. The van der Waals surface area contributed by atoms with Crippen LogP contribution in [0.2, 0.25) is 0 Å². The molecule has 2 nitrogen and oxygen atoms in total. The highest BCUT2D eigenvalue weighted by molar-refractivity contribution is 5.76. The summed E-state index contributed by atoms with van der Waals surface area (Å²) in [6, 6.07) is 0. The van der Waals surface area contributed by atoms with Gasteiger partial charge in [-0.05, 0) is 24.7 Å². The van der Waals surface area contributed by atoms with Crippen molar-refractivity contribution in [2.24, 2.45) is 23.7 Å². The molecule has 12 heavy (non-hydrogen) atoms. The van der Waals surface area contributed by atoms with E-state index in [1.54, 1.807) is 0 Å². The highest BCUT2D eigenvalue weighted by Crippen LogP contribution is 2.47. The van der Waals surface area contributed by atoms with E-state index in [4.69, 9.17) is 4.74 Å². The third kappa shape index (κ3) is 0.680. The van der Waals surface area contributed by atoms with Gasteiger partial charge in [0.2, 0.25) is 0 Å². The molecule has 1 saturated heterocycles. The maximum absolute atomic E-state index is 11.3. The zero-order chi connectivity index (χ0) is 8.13. The van der Waals surface area contributed by atoms with E-state index in [1.165, 1.54) is 12.8 Å². The molecule has 0 spiro atoms. The summed E-state index contributed by atoms with van der Waals surface area (Å²) in [5.41, 5.74) is 0. The van der Waals surface area contributed by atoms with Crippen LogP contribution in [0.15, 0.2) is 12.2 Å². The molecule has 2 heteroatoms. The van der Waals surface area contributed by atoms with Crippen molar-refractivity contribution in [2.45, 2.75) is 12.8 Å². The summed E-state index contributed by atoms with van der Waals surface area (Å²) in [4.78, 5) is 11.3. The first-order chi connectivity index (χ1) is 5.86. The Kier molecular flexibility index (Phi) is 1.18. The Morgan fingerprint density at radius 2 is 2.00 bits per heavy atom. The number of hydrogen-bond donors (Lipinski definition) is 0. The minimum atomic E-state index is 0.0547. The van der Waals surface area contributed by atoms with Crippen LogP contribution in [0.1, 0.15) is 12.8 Å². The molecule has 0 aromatic rings. The summed E-state index contributed by atoms with van der Waals surface area (Å²) in [7, 11) is 0. The van der Waals surface area contributed by atoms with Crippen molar-refractivity contribution in [3.63, 3.8) is 0 Å². The Morgan fingerprint density at radius 1 is 1.25 bits per heavy atom. The molecule has 0 unspecified atom stereocenters. The molecule has 0 aromatic heterocycles. The highest BCUT2D eigenvalue weighted by atomic mass is 16.5. The first kappa shape index (κ1) is 6.70. The minimum absolute atomic E-state index is 0.0547. The van der Waals surface area contributed by atoms with Gasteiger partial charge < -0.3 is 4.74 Å². The molecular formula is C10H12O2. The van der Waals surface area contributed by atoms with E-state index < -0.39 is 0 Å². The lowest BCUT2D eigenvalue weighted by Crippen LogP contribution is -2.37. The van der Waals surface area contributed by atoms with E-state index in [1.807, 2.05) is 0 Å². The van der Waals surface area contributed by atoms with Crippen molar-refractivity contribution >= 4 is 5.97 Å². The number of cyclic esters (lactones) is 1. The maximum Gasteiger partial charge on any atom is 0.309 e. The molecule has 1 heterocycles. The Balaban J connectivity index is 2.01. The van der Waals surface area contributed by atoms with Gasteiger partial charge in [-0.25, -0.2) is 0 Å². The lowest BCUT2D eigenvalue weighted by atomic mass is 9.63. The molecule has 3 aliphatic carbocycles. The molecule has 64 valence electrons. The van der Waals surface area contributed by atoms with Crippen molar-refractivity contribution in [1.82, 2.24) is 0 Å². The van der Waals surface area contributed by atoms with Gasteiger partial charge in [0.1, 0.15) is 0 Å². The summed E-state index contributed by atoms with van der Waals surface area (Å²) in [5.74, 6) is 1.91. The van der Waals surface area contributed by atoms with E-state index in [0.717, 1.165) is 0 Å².